The fourth-order valence-electron chi connectivity index (χ4n) is 5.25. The van der Waals surface area contributed by atoms with Crippen molar-refractivity contribution in [2.75, 3.05) is 60.2 Å². The second-order valence-electron chi connectivity index (χ2n) is 11.9. The number of carbonyl (C=O) groups excluding carboxylic acids is 1. The predicted octanol–water partition coefficient (Wildman–Crippen LogP) is 6.29. The lowest BCUT2D eigenvalue weighted by atomic mass is 10.0. The Morgan fingerprint density at radius 2 is 1.76 bits per heavy atom. The van der Waals surface area contributed by atoms with Gasteiger partial charge >= 0.3 is 12.7 Å². The molecule has 1 aliphatic carbocycles. The molecule has 3 aromatic rings. The van der Waals surface area contributed by atoms with Gasteiger partial charge in [0.15, 0.2) is 35.4 Å². The fraction of sp³-hybridized carbons (Fsp3) is 0.471. The van der Waals surface area contributed by atoms with E-state index in [9.17, 15) is 18.8 Å². The summed E-state index contributed by atoms with van der Waals surface area (Å²) in [5.41, 5.74) is 1.53. The van der Waals surface area contributed by atoms with Crippen LogP contribution in [-0.4, -0.2) is 82.7 Å². The van der Waals surface area contributed by atoms with Crippen LogP contribution >= 0.6 is 23.2 Å². The van der Waals surface area contributed by atoms with Gasteiger partial charge in [-0.15, -0.1) is 0 Å². The van der Waals surface area contributed by atoms with E-state index in [1.54, 1.807) is 26.3 Å². The number of hydrogen-bond donors (Lipinski definition) is 0. The number of rotatable bonds is 16. The Kier molecular flexibility index (Phi) is 12.8. The van der Waals surface area contributed by atoms with Gasteiger partial charge < -0.3 is 38.5 Å². The highest BCUT2D eigenvalue weighted by Crippen LogP contribution is 2.38. The first-order chi connectivity index (χ1) is 23.6. The molecule has 0 spiro atoms. The van der Waals surface area contributed by atoms with Crippen LogP contribution in [0.15, 0.2) is 48.8 Å². The molecule has 5 rings (SSSR count). The molecule has 1 aliphatic heterocycles. The zero-order chi connectivity index (χ0) is 34.9. The molecule has 0 N–H and O–H groups in total. The van der Waals surface area contributed by atoms with Crippen molar-refractivity contribution in [3.8, 4) is 23.0 Å². The maximum Gasteiger partial charge on any atom is 0.410 e. The van der Waals surface area contributed by atoms with Gasteiger partial charge in [-0.2, -0.15) is 13.5 Å². The van der Waals surface area contributed by atoms with Crippen LogP contribution in [-0.2, 0) is 22.4 Å². The van der Waals surface area contributed by atoms with Gasteiger partial charge in [0.05, 0.1) is 26.9 Å². The molecule has 1 amide bonds. The quantitative estimate of drug-likeness (QED) is 0.125. The van der Waals surface area contributed by atoms with Gasteiger partial charge in [0, 0.05) is 45.2 Å². The Balaban J connectivity index is 1.31. The number of carbonyl (C=O) groups is 1. The van der Waals surface area contributed by atoms with E-state index in [4.69, 9.17) is 46.9 Å². The van der Waals surface area contributed by atoms with Crippen molar-refractivity contribution in [3.05, 3.63) is 80.7 Å². The number of alkyl halides is 2. The highest BCUT2D eigenvalue weighted by molar-refractivity contribution is 6.35. The summed E-state index contributed by atoms with van der Waals surface area (Å²) in [4.78, 5) is 17.2. The second kappa shape index (κ2) is 17.2. The molecule has 1 saturated heterocycles. The molecular formula is C34H39Cl2F2N3O8. The van der Waals surface area contributed by atoms with E-state index < -0.39 is 18.8 Å². The topological polar surface area (TPSA) is 106 Å². The van der Waals surface area contributed by atoms with Crippen LogP contribution in [0.1, 0.15) is 35.6 Å². The first kappa shape index (κ1) is 36.5. The first-order valence-electron chi connectivity index (χ1n) is 15.9. The lowest BCUT2D eigenvalue weighted by Gasteiger charge is -2.26. The van der Waals surface area contributed by atoms with Crippen LogP contribution in [0.4, 0.5) is 13.6 Å². The average molecular weight is 727 g/mol. The molecule has 1 saturated carbocycles. The van der Waals surface area contributed by atoms with Crippen molar-refractivity contribution in [2.45, 2.75) is 38.5 Å². The van der Waals surface area contributed by atoms with E-state index in [1.165, 1.54) is 23.1 Å². The molecular weight excluding hydrogens is 687 g/mol. The second-order valence-corrected chi connectivity index (χ2v) is 12.7. The number of methoxy groups -OCH3 is 1. The predicted molar refractivity (Wildman–Crippen MR) is 177 cm³/mol. The van der Waals surface area contributed by atoms with Crippen LogP contribution in [0, 0.1) is 11.1 Å². The number of hydrogen-bond acceptors (Lipinski definition) is 9. The summed E-state index contributed by atoms with van der Waals surface area (Å²) in [6.07, 6.45) is 2.52. The summed E-state index contributed by atoms with van der Waals surface area (Å²) < 4.78 is 60.3. The molecule has 2 heterocycles. The van der Waals surface area contributed by atoms with Gasteiger partial charge in [-0.05, 0) is 54.2 Å². The maximum atomic E-state index is 13.5. The molecule has 1 atom stereocenters. The van der Waals surface area contributed by atoms with E-state index in [0.29, 0.717) is 59.7 Å². The van der Waals surface area contributed by atoms with Crippen LogP contribution in [0.3, 0.4) is 0 Å². The van der Waals surface area contributed by atoms with E-state index in [-0.39, 0.29) is 34.5 Å². The van der Waals surface area contributed by atoms with Gasteiger partial charge in [0.2, 0.25) is 0 Å². The SMILES string of the molecule is COc1cc(CN(C)C(=O)O[C@@H](Cc2c(Cl)c[n+]([O-])cc2Cl)c2ccc(OC(F)F)c(OCC3CC3)c2)ccc1OCCN1CCOCC1. The molecule has 2 aliphatic rings. The van der Waals surface area contributed by atoms with Gasteiger partial charge in [-0.3, -0.25) is 4.90 Å². The average Bonchev–Trinajstić information content (AvgIpc) is 3.91. The molecule has 11 nitrogen and oxygen atoms in total. The summed E-state index contributed by atoms with van der Waals surface area (Å²) >= 11 is 12.8. The van der Waals surface area contributed by atoms with Crippen LogP contribution in [0.5, 0.6) is 23.0 Å². The van der Waals surface area contributed by atoms with E-state index in [0.717, 1.165) is 50.4 Å². The van der Waals surface area contributed by atoms with Crippen molar-refractivity contribution < 1.29 is 46.7 Å². The molecule has 1 aromatic heterocycles. The number of pyridine rings is 1. The van der Waals surface area contributed by atoms with Crippen molar-refractivity contribution in [3.63, 3.8) is 0 Å². The molecule has 49 heavy (non-hydrogen) atoms. The van der Waals surface area contributed by atoms with Crippen molar-refractivity contribution in [1.29, 1.82) is 0 Å². The minimum atomic E-state index is -3.06. The largest absolute Gasteiger partial charge is 0.619 e. The molecule has 0 unspecified atom stereocenters. The van der Waals surface area contributed by atoms with Crippen LogP contribution in [0.25, 0.3) is 0 Å². The minimum absolute atomic E-state index is 0.0283. The molecule has 15 heteroatoms. The van der Waals surface area contributed by atoms with Crippen molar-refractivity contribution >= 4 is 29.3 Å². The minimum Gasteiger partial charge on any atom is -0.619 e. The summed E-state index contributed by atoms with van der Waals surface area (Å²) in [5, 5.41) is 12.0. The number of aromatic nitrogens is 1. The van der Waals surface area contributed by atoms with Crippen molar-refractivity contribution in [2.24, 2.45) is 5.92 Å². The maximum absolute atomic E-state index is 13.5. The molecule has 2 aromatic carbocycles. The van der Waals surface area contributed by atoms with Crippen LogP contribution < -0.4 is 23.7 Å². The lowest BCUT2D eigenvalue weighted by molar-refractivity contribution is -0.605. The molecule has 0 bridgehead atoms. The normalized spacial score (nSPS) is 15.5. The summed E-state index contributed by atoms with van der Waals surface area (Å²) in [7, 11) is 3.12. The number of benzene rings is 2. The van der Waals surface area contributed by atoms with Gasteiger partial charge in [-0.1, -0.05) is 35.3 Å². The third-order valence-electron chi connectivity index (χ3n) is 8.15. The number of morpholine rings is 1. The summed E-state index contributed by atoms with van der Waals surface area (Å²) in [6, 6.07) is 9.76. The Hall–Kier alpha value is -3.78. The summed E-state index contributed by atoms with van der Waals surface area (Å²) in [6.45, 7) is 1.82. The lowest BCUT2D eigenvalue weighted by Crippen LogP contribution is -2.38. The Bertz CT molecular complexity index is 1550. The summed E-state index contributed by atoms with van der Waals surface area (Å²) in [5.74, 6) is 1.38. The monoisotopic (exact) mass is 725 g/mol. The van der Waals surface area contributed by atoms with Crippen molar-refractivity contribution in [1.82, 2.24) is 9.80 Å². The standard InChI is InChI=1S/C34H39Cl2F2N3O8/c1-39(18-23-5-7-28(31(15-23)44-2)46-14-11-40-9-12-45-13-10-40)34(42)49-30(17-25-26(35)19-41(43)20-27(25)36)24-6-8-29(48-33(37)38)32(16-24)47-21-22-3-4-22/h5-8,15-16,19-20,22,30,33H,3-4,9-14,17-18,21H2,1-2H3/t30-/m0/s1. The van der Waals surface area contributed by atoms with Crippen LogP contribution in [0.2, 0.25) is 10.0 Å². The smallest absolute Gasteiger partial charge is 0.410 e. The van der Waals surface area contributed by atoms with Gasteiger partial charge in [-0.25, -0.2) is 4.79 Å². The number of halogens is 4. The Morgan fingerprint density at radius 3 is 2.43 bits per heavy atom. The number of amides is 1. The zero-order valence-corrected chi connectivity index (χ0v) is 28.8. The Morgan fingerprint density at radius 1 is 1.04 bits per heavy atom. The zero-order valence-electron chi connectivity index (χ0n) is 27.2. The fourth-order valence-corrected chi connectivity index (χ4v) is 5.85. The van der Waals surface area contributed by atoms with E-state index >= 15 is 0 Å². The molecule has 266 valence electrons. The van der Waals surface area contributed by atoms with Gasteiger partial charge in [0.1, 0.15) is 22.8 Å². The van der Waals surface area contributed by atoms with E-state index in [1.807, 2.05) is 6.07 Å². The highest BCUT2D eigenvalue weighted by atomic mass is 35.5. The molecule has 0 radical (unpaired) electrons. The van der Waals surface area contributed by atoms with Gasteiger partial charge in [0.25, 0.3) is 0 Å². The number of ether oxygens (including phenoxy) is 6. The third-order valence-corrected chi connectivity index (χ3v) is 8.80. The number of nitrogens with zero attached hydrogens (tertiary/aromatic N) is 3. The highest BCUT2D eigenvalue weighted by Gasteiger charge is 2.27. The Labute approximate surface area is 293 Å². The third kappa shape index (κ3) is 10.6. The van der Waals surface area contributed by atoms with E-state index in [2.05, 4.69) is 9.64 Å². The molecule has 2 fully saturated rings. The first-order valence-corrected chi connectivity index (χ1v) is 16.6.